The summed E-state index contributed by atoms with van der Waals surface area (Å²) in [5.41, 5.74) is 4.59. The van der Waals surface area contributed by atoms with Crippen LogP contribution in [-0.2, 0) is 14.2 Å². The van der Waals surface area contributed by atoms with E-state index in [1.54, 1.807) is 0 Å². The van der Waals surface area contributed by atoms with E-state index in [1.807, 2.05) is 12.1 Å². The van der Waals surface area contributed by atoms with Crippen molar-refractivity contribution in [3.8, 4) is 17.1 Å². The first-order valence-electron chi connectivity index (χ1n) is 10.8. The quantitative estimate of drug-likeness (QED) is 0.666. The van der Waals surface area contributed by atoms with Crippen molar-refractivity contribution in [3.63, 3.8) is 0 Å². The normalized spacial score (nSPS) is 25.8. The first kappa shape index (κ1) is 19.4. The lowest BCUT2D eigenvalue weighted by molar-refractivity contribution is 0.0292. The van der Waals surface area contributed by atoms with Crippen LogP contribution in [0.25, 0.3) is 22.3 Å². The molecule has 8 heteroatoms. The molecule has 0 radical (unpaired) electrons. The molecule has 1 N–H and O–H groups in total. The number of anilines is 1. The molecule has 3 aliphatic heterocycles. The van der Waals surface area contributed by atoms with Crippen molar-refractivity contribution < 1.29 is 18.9 Å². The van der Waals surface area contributed by atoms with E-state index in [0.29, 0.717) is 17.5 Å². The third-order valence-electron chi connectivity index (χ3n) is 6.25. The zero-order chi connectivity index (χ0) is 20.8. The van der Waals surface area contributed by atoms with Crippen LogP contribution in [0.1, 0.15) is 6.42 Å². The number of halogens is 1. The monoisotopic (exact) mass is 441 g/mol. The molecular weight excluding hydrogens is 418 g/mol. The molecule has 0 unspecified atom stereocenters. The summed E-state index contributed by atoms with van der Waals surface area (Å²) in [5.74, 6) is 0.656. The molecule has 0 bridgehead atoms. The van der Waals surface area contributed by atoms with E-state index >= 15 is 0 Å². The highest BCUT2D eigenvalue weighted by Gasteiger charge is 2.43. The van der Waals surface area contributed by atoms with Gasteiger partial charge in [0.25, 0.3) is 0 Å². The molecule has 7 nitrogen and oxygen atoms in total. The van der Waals surface area contributed by atoms with Crippen molar-refractivity contribution >= 4 is 28.3 Å². The topological polar surface area (TPSA) is 68.8 Å². The Morgan fingerprint density at radius 1 is 1.06 bits per heavy atom. The predicted octanol–water partition coefficient (Wildman–Crippen LogP) is 3.66. The molecule has 0 aliphatic carbocycles. The van der Waals surface area contributed by atoms with Gasteiger partial charge in [-0.1, -0.05) is 23.7 Å². The van der Waals surface area contributed by atoms with Crippen LogP contribution in [0.2, 0.25) is 5.02 Å². The number of ether oxygens (including phenoxy) is 4. The number of rotatable bonds is 4. The van der Waals surface area contributed by atoms with Crippen LogP contribution < -0.4 is 9.64 Å². The number of hydrogen-bond acceptors (Lipinski definition) is 6. The van der Waals surface area contributed by atoms with E-state index in [9.17, 15) is 0 Å². The largest absolute Gasteiger partial charge is 0.470 e. The number of nitrogens with zero attached hydrogens (tertiary/aromatic N) is 2. The van der Waals surface area contributed by atoms with Gasteiger partial charge in [-0.05, 0) is 24.6 Å². The minimum atomic E-state index is -0.108. The number of nitrogens with one attached hydrogen (secondary N) is 1. The summed E-state index contributed by atoms with van der Waals surface area (Å²) in [4.78, 5) is 10.4. The fraction of sp³-hybridized carbons (Fsp3) is 0.435. The lowest BCUT2D eigenvalue weighted by atomic mass is 10.1. The van der Waals surface area contributed by atoms with Crippen molar-refractivity contribution in [2.45, 2.75) is 24.7 Å². The Kier molecular flexibility index (Phi) is 4.99. The molecule has 31 heavy (non-hydrogen) atoms. The Bertz CT molecular complexity index is 1080. The lowest BCUT2D eigenvalue weighted by Crippen LogP contribution is -2.36. The zero-order valence-corrected chi connectivity index (χ0v) is 17.8. The molecule has 6 rings (SSSR count). The summed E-state index contributed by atoms with van der Waals surface area (Å²) in [6, 6.07) is 12.2. The second kappa shape index (κ2) is 7.98. The van der Waals surface area contributed by atoms with Gasteiger partial charge in [0.15, 0.2) is 12.0 Å². The number of aromatic nitrogens is 2. The van der Waals surface area contributed by atoms with Gasteiger partial charge in [0.05, 0.1) is 47.7 Å². The maximum atomic E-state index is 6.59. The lowest BCUT2D eigenvalue weighted by Gasteiger charge is -2.28. The molecule has 1 aromatic carbocycles. The van der Waals surface area contributed by atoms with Crippen LogP contribution in [0.15, 0.2) is 36.4 Å². The standard InChI is InChI=1S/C23H24ClN3O4/c24-16-11-17-18(12-21(25-17)31-20-13-30-19-5-8-29-23(19)20)26-22(16)14-1-3-15(4-2-14)27-6-9-28-10-7-27/h1-4,11-12,19-20,23,25H,5-10,13H2/t19-,20-,23+/m1/s1. The molecule has 3 fully saturated rings. The summed E-state index contributed by atoms with van der Waals surface area (Å²) >= 11 is 6.59. The SMILES string of the molecule is Clc1cc2[nH]c(O[C@@H]3CO[C@@H]4CCO[C@@H]43)cc2nc1-c1ccc(N2CCOCC2)cc1. The summed E-state index contributed by atoms with van der Waals surface area (Å²) < 4.78 is 23.1. The number of aromatic amines is 1. The molecule has 3 saturated heterocycles. The third kappa shape index (κ3) is 3.65. The summed E-state index contributed by atoms with van der Waals surface area (Å²) in [6.07, 6.45) is 0.975. The van der Waals surface area contributed by atoms with E-state index in [2.05, 4.69) is 34.1 Å². The molecule has 3 atom stereocenters. The van der Waals surface area contributed by atoms with Crippen LogP contribution in [0, 0.1) is 0 Å². The molecule has 5 heterocycles. The predicted molar refractivity (Wildman–Crippen MR) is 118 cm³/mol. The minimum absolute atomic E-state index is 0.00324. The van der Waals surface area contributed by atoms with E-state index in [1.165, 1.54) is 5.69 Å². The van der Waals surface area contributed by atoms with Gasteiger partial charge in [-0.3, -0.25) is 0 Å². The first-order chi connectivity index (χ1) is 15.2. The van der Waals surface area contributed by atoms with Crippen molar-refractivity contribution in [3.05, 3.63) is 41.4 Å². The number of pyridine rings is 1. The van der Waals surface area contributed by atoms with Crippen molar-refractivity contribution in [2.24, 2.45) is 0 Å². The van der Waals surface area contributed by atoms with E-state index in [-0.39, 0.29) is 18.3 Å². The van der Waals surface area contributed by atoms with Gasteiger partial charge in [0.1, 0.15) is 6.10 Å². The van der Waals surface area contributed by atoms with Gasteiger partial charge in [-0.2, -0.15) is 0 Å². The van der Waals surface area contributed by atoms with Crippen LogP contribution in [-0.4, -0.2) is 67.8 Å². The third-order valence-corrected chi connectivity index (χ3v) is 6.53. The number of benzene rings is 1. The number of fused-ring (bicyclic) bond motifs is 2. The van der Waals surface area contributed by atoms with Crippen molar-refractivity contribution in [1.29, 1.82) is 0 Å². The van der Waals surface area contributed by atoms with Crippen molar-refractivity contribution in [1.82, 2.24) is 9.97 Å². The number of H-pyrrole nitrogens is 1. The molecule has 162 valence electrons. The van der Waals surface area contributed by atoms with Crippen LogP contribution in [0.5, 0.6) is 5.88 Å². The smallest absolute Gasteiger partial charge is 0.193 e. The highest BCUT2D eigenvalue weighted by molar-refractivity contribution is 6.33. The van der Waals surface area contributed by atoms with Crippen LogP contribution in [0.4, 0.5) is 5.69 Å². The second-order valence-electron chi connectivity index (χ2n) is 8.18. The number of morpholine rings is 1. The Morgan fingerprint density at radius 2 is 1.90 bits per heavy atom. The molecular formula is C23H24ClN3O4. The zero-order valence-electron chi connectivity index (χ0n) is 17.1. The molecule has 3 aliphatic rings. The fourth-order valence-electron chi connectivity index (χ4n) is 4.62. The fourth-order valence-corrected chi connectivity index (χ4v) is 4.88. The van der Waals surface area contributed by atoms with E-state index in [4.69, 9.17) is 35.5 Å². The van der Waals surface area contributed by atoms with E-state index < -0.39 is 0 Å². The maximum Gasteiger partial charge on any atom is 0.193 e. The highest BCUT2D eigenvalue weighted by Crippen LogP contribution is 2.34. The summed E-state index contributed by atoms with van der Waals surface area (Å²) in [6.45, 7) is 4.63. The Hall–Kier alpha value is -2.32. The summed E-state index contributed by atoms with van der Waals surface area (Å²) in [7, 11) is 0. The molecule has 3 aromatic rings. The van der Waals surface area contributed by atoms with Gasteiger partial charge in [0.2, 0.25) is 0 Å². The van der Waals surface area contributed by atoms with Gasteiger partial charge < -0.3 is 28.8 Å². The average molecular weight is 442 g/mol. The minimum Gasteiger partial charge on any atom is -0.470 e. The Morgan fingerprint density at radius 3 is 2.74 bits per heavy atom. The average Bonchev–Trinajstić information content (AvgIpc) is 3.51. The highest BCUT2D eigenvalue weighted by atomic mass is 35.5. The Labute approximate surface area is 185 Å². The second-order valence-corrected chi connectivity index (χ2v) is 8.59. The molecule has 0 amide bonds. The first-order valence-corrected chi connectivity index (χ1v) is 11.1. The summed E-state index contributed by atoms with van der Waals surface area (Å²) in [5, 5.41) is 0.600. The van der Waals surface area contributed by atoms with E-state index in [0.717, 1.165) is 61.6 Å². The maximum absolute atomic E-state index is 6.59. The molecule has 2 aromatic heterocycles. The van der Waals surface area contributed by atoms with Crippen LogP contribution in [0.3, 0.4) is 0 Å². The van der Waals surface area contributed by atoms with Gasteiger partial charge in [0, 0.05) is 37.0 Å². The van der Waals surface area contributed by atoms with Crippen LogP contribution >= 0.6 is 11.6 Å². The molecule has 0 spiro atoms. The van der Waals surface area contributed by atoms with Gasteiger partial charge in [-0.25, -0.2) is 4.98 Å². The number of hydrogen-bond donors (Lipinski definition) is 1. The van der Waals surface area contributed by atoms with Crippen molar-refractivity contribution in [2.75, 3.05) is 44.4 Å². The van der Waals surface area contributed by atoms with Gasteiger partial charge in [-0.15, -0.1) is 0 Å². The van der Waals surface area contributed by atoms with Gasteiger partial charge >= 0.3 is 0 Å². The Balaban J connectivity index is 1.24. The molecule has 0 saturated carbocycles.